The number of anilines is 2. The molecule has 1 atom stereocenters. The first-order valence-corrected chi connectivity index (χ1v) is 14.1. The smallest absolute Gasteiger partial charge is 0.350 e. The quantitative estimate of drug-likeness (QED) is 0.208. The van der Waals surface area contributed by atoms with Crippen LogP contribution in [0.1, 0.15) is 32.3 Å². The highest BCUT2D eigenvalue weighted by atomic mass is 35.5. The SMILES string of the molecule is COC(=O)c1sccc1NC(=O)CN1CCN(c2ccccc2C(c2ccccc2)c2ccc(Cl)cc2)CC1. The van der Waals surface area contributed by atoms with Crippen molar-refractivity contribution in [3.8, 4) is 0 Å². The lowest BCUT2D eigenvalue weighted by atomic mass is 9.84. The van der Waals surface area contributed by atoms with Crippen LogP contribution in [0.4, 0.5) is 11.4 Å². The lowest BCUT2D eigenvalue weighted by Crippen LogP contribution is -2.49. The van der Waals surface area contributed by atoms with Gasteiger partial charge in [-0.2, -0.15) is 0 Å². The fourth-order valence-electron chi connectivity index (χ4n) is 5.07. The van der Waals surface area contributed by atoms with Crippen molar-refractivity contribution in [2.45, 2.75) is 5.92 Å². The first-order valence-electron chi connectivity index (χ1n) is 12.9. The minimum atomic E-state index is -0.444. The van der Waals surface area contributed by atoms with E-state index in [1.54, 1.807) is 11.4 Å². The first-order chi connectivity index (χ1) is 19.0. The van der Waals surface area contributed by atoms with E-state index in [4.69, 9.17) is 16.3 Å². The van der Waals surface area contributed by atoms with Gasteiger partial charge in [-0.25, -0.2) is 4.79 Å². The summed E-state index contributed by atoms with van der Waals surface area (Å²) >= 11 is 7.47. The third kappa shape index (κ3) is 6.33. The number of rotatable bonds is 8. The van der Waals surface area contributed by atoms with Gasteiger partial charge < -0.3 is 15.0 Å². The summed E-state index contributed by atoms with van der Waals surface area (Å²) in [4.78, 5) is 29.6. The number of methoxy groups -OCH3 is 1. The number of halogens is 1. The Morgan fingerprint density at radius 3 is 2.28 bits per heavy atom. The van der Waals surface area contributed by atoms with Crippen molar-refractivity contribution in [2.75, 3.05) is 50.1 Å². The number of hydrogen-bond acceptors (Lipinski definition) is 6. The van der Waals surface area contributed by atoms with Gasteiger partial charge >= 0.3 is 5.97 Å². The molecule has 0 radical (unpaired) electrons. The molecule has 1 aromatic heterocycles. The number of hydrogen-bond donors (Lipinski definition) is 1. The number of nitrogens with one attached hydrogen (secondary N) is 1. The van der Waals surface area contributed by atoms with E-state index in [0.717, 1.165) is 31.2 Å². The van der Waals surface area contributed by atoms with E-state index in [0.29, 0.717) is 10.6 Å². The predicted octanol–water partition coefficient (Wildman–Crippen LogP) is 6.13. The van der Waals surface area contributed by atoms with E-state index < -0.39 is 5.97 Å². The zero-order chi connectivity index (χ0) is 27.2. The number of piperazine rings is 1. The molecule has 5 rings (SSSR count). The Morgan fingerprint density at radius 2 is 1.56 bits per heavy atom. The van der Waals surface area contributed by atoms with Crippen molar-refractivity contribution in [1.29, 1.82) is 0 Å². The van der Waals surface area contributed by atoms with Crippen molar-refractivity contribution in [3.63, 3.8) is 0 Å². The summed E-state index contributed by atoms with van der Waals surface area (Å²) in [6.45, 7) is 3.39. The number of amides is 1. The van der Waals surface area contributed by atoms with Crippen LogP contribution < -0.4 is 10.2 Å². The van der Waals surface area contributed by atoms with E-state index in [2.05, 4.69) is 75.8 Å². The highest BCUT2D eigenvalue weighted by Crippen LogP contribution is 2.38. The van der Waals surface area contributed by atoms with Crippen LogP contribution in [-0.4, -0.2) is 56.6 Å². The fraction of sp³-hybridized carbons (Fsp3) is 0.226. The molecule has 1 amide bonds. The molecule has 1 unspecified atom stereocenters. The maximum atomic E-state index is 12.8. The molecule has 0 bridgehead atoms. The Hall–Kier alpha value is -3.65. The molecule has 39 heavy (non-hydrogen) atoms. The zero-order valence-electron chi connectivity index (χ0n) is 21.7. The third-order valence-corrected chi connectivity index (χ3v) is 8.12. The van der Waals surface area contributed by atoms with Gasteiger partial charge in [0.25, 0.3) is 0 Å². The lowest BCUT2D eigenvalue weighted by Gasteiger charge is -2.37. The van der Waals surface area contributed by atoms with Crippen molar-refractivity contribution in [1.82, 2.24) is 4.90 Å². The number of para-hydroxylation sites is 1. The Balaban J connectivity index is 1.30. The molecule has 6 nitrogen and oxygen atoms in total. The number of ether oxygens (including phenoxy) is 1. The van der Waals surface area contributed by atoms with Gasteiger partial charge in [0.05, 0.1) is 19.3 Å². The van der Waals surface area contributed by atoms with Crippen molar-refractivity contribution >= 4 is 46.2 Å². The molecule has 0 spiro atoms. The topological polar surface area (TPSA) is 61.9 Å². The highest BCUT2D eigenvalue weighted by Gasteiger charge is 2.25. The van der Waals surface area contributed by atoms with Crippen LogP contribution in [0.3, 0.4) is 0 Å². The molecule has 8 heteroatoms. The van der Waals surface area contributed by atoms with Crippen molar-refractivity contribution < 1.29 is 14.3 Å². The lowest BCUT2D eigenvalue weighted by molar-refractivity contribution is -0.117. The summed E-state index contributed by atoms with van der Waals surface area (Å²) in [5.74, 6) is -0.516. The Labute approximate surface area is 237 Å². The van der Waals surface area contributed by atoms with Gasteiger partial charge in [-0.1, -0.05) is 72.3 Å². The van der Waals surface area contributed by atoms with Gasteiger partial charge in [0, 0.05) is 42.8 Å². The van der Waals surface area contributed by atoms with Crippen LogP contribution >= 0.6 is 22.9 Å². The molecule has 1 aliphatic rings. The minimum Gasteiger partial charge on any atom is -0.465 e. The Morgan fingerprint density at radius 1 is 0.897 bits per heavy atom. The third-order valence-electron chi connectivity index (χ3n) is 6.97. The molecule has 2 heterocycles. The Kier molecular flexibility index (Phi) is 8.61. The summed E-state index contributed by atoms with van der Waals surface area (Å²) in [6, 6.07) is 29.0. The number of esters is 1. The monoisotopic (exact) mass is 559 g/mol. The number of thiophene rings is 1. The number of benzene rings is 3. The van der Waals surface area contributed by atoms with E-state index in [1.165, 1.54) is 40.8 Å². The molecule has 3 aromatic carbocycles. The number of carbonyl (C=O) groups excluding carboxylic acids is 2. The highest BCUT2D eigenvalue weighted by molar-refractivity contribution is 7.12. The number of nitrogens with zero attached hydrogens (tertiary/aromatic N) is 2. The van der Waals surface area contributed by atoms with E-state index in [9.17, 15) is 9.59 Å². The molecule has 1 N–H and O–H groups in total. The van der Waals surface area contributed by atoms with Gasteiger partial charge in [0.1, 0.15) is 4.88 Å². The van der Waals surface area contributed by atoms with Gasteiger partial charge in [-0.3, -0.25) is 9.69 Å². The van der Waals surface area contributed by atoms with Crippen LogP contribution in [-0.2, 0) is 9.53 Å². The fourth-order valence-corrected chi connectivity index (χ4v) is 5.96. The molecular formula is C31H30ClN3O3S. The molecule has 0 saturated carbocycles. The van der Waals surface area contributed by atoms with Crippen LogP contribution in [0.5, 0.6) is 0 Å². The standard InChI is InChI=1S/C31H30ClN3O3S/c1-38-31(37)30-26(15-20-39-30)33-28(36)21-34-16-18-35(19-17-34)27-10-6-5-9-25(27)29(22-7-3-2-4-8-22)23-11-13-24(32)14-12-23/h2-15,20,29H,16-19,21H2,1H3,(H,33,36). The second kappa shape index (κ2) is 12.5. The van der Waals surface area contributed by atoms with Gasteiger partial charge in [0.15, 0.2) is 0 Å². The molecule has 4 aromatic rings. The zero-order valence-corrected chi connectivity index (χ0v) is 23.3. The number of carbonyl (C=O) groups is 2. The van der Waals surface area contributed by atoms with Crippen LogP contribution in [0.2, 0.25) is 5.02 Å². The second-order valence-corrected chi connectivity index (χ2v) is 10.8. The first kappa shape index (κ1) is 26.9. The summed E-state index contributed by atoms with van der Waals surface area (Å²) in [6.07, 6.45) is 0. The van der Waals surface area contributed by atoms with E-state index >= 15 is 0 Å². The van der Waals surface area contributed by atoms with Gasteiger partial charge in [-0.15, -0.1) is 11.3 Å². The van der Waals surface area contributed by atoms with Gasteiger partial charge in [0.2, 0.25) is 5.91 Å². The molecule has 200 valence electrons. The normalized spacial score (nSPS) is 14.6. The molecule has 1 aliphatic heterocycles. The van der Waals surface area contributed by atoms with Crippen molar-refractivity contribution in [2.24, 2.45) is 0 Å². The molecular weight excluding hydrogens is 530 g/mol. The largest absolute Gasteiger partial charge is 0.465 e. The van der Waals surface area contributed by atoms with Crippen LogP contribution in [0, 0.1) is 0 Å². The van der Waals surface area contributed by atoms with E-state index in [-0.39, 0.29) is 18.4 Å². The summed E-state index contributed by atoms with van der Waals surface area (Å²) < 4.78 is 4.81. The van der Waals surface area contributed by atoms with Crippen molar-refractivity contribution in [3.05, 3.63) is 117 Å². The summed E-state index contributed by atoms with van der Waals surface area (Å²) in [5, 5.41) is 5.36. The maximum absolute atomic E-state index is 12.8. The van der Waals surface area contributed by atoms with Gasteiger partial charge in [-0.05, 0) is 46.3 Å². The molecule has 1 saturated heterocycles. The average molecular weight is 560 g/mol. The maximum Gasteiger partial charge on any atom is 0.350 e. The van der Waals surface area contributed by atoms with Crippen LogP contribution in [0.15, 0.2) is 90.3 Å². The Bertz CT molecular complexity index is 1420. The average Bonchev–Trinajstić information content (AvgIpc) is 3.43. The summed E-state index contributed by atoms with van der Waals surface area (Å²) in [7, 11) is 1.34. The molecule has 1 fully saturated rings. The molecule has 0 aliphatic carbocycles. The van der Waals surface area contributed by atoms with Crippen LogP contribution in [0.25, 0.3) is 0 Å². The summed E-state index contributed by atoms with van der Waals surface area (Å²) in [5.41, 5.74) is 5.35. The second-order valence-electron chi connectivity index (χ2n) is 9.42. The minimum absolute atomic E-state index is 0.0677. The van der Waals surface area contributed by atoms with E-state index in [1.807, 2.05) is 18.2 Å². The predicted molar refractivity (Wildman–Crippen MR) is 158 cm³/mol.